The quantitative estimate of drug-likeness (QED) is 0.800. The van der Waals surface area contributed by atoms with E-state index < -0.39 is 12.0 Å². The number of methoxy groups -OCH3 is 1. The molecule has 19 heavy (non-hydrogen) atoms. The van der Waals surface area contributed by atoms with Crippen molar-refractivity contribution in [3.63, 3.8) is 0 Å². The lowest BCUT2D eigenvalue weighted by atomic mass is 10.1. The van der Waals surface area contributed by atoms with Crippen LogP contribution in [0.3, 0.4) is 0 Å². The molecule has 0 spiro atoms. The highest BCUT2D eigenvalue weighted by Gasteiger charge is 2.30. The summed E-state index contributed by atoms with van der Waals surface area (Å²) in [6, 6.07) is 5.45. The van der Waals surface area contributed by atoms with Gasteiger partial charge in [0.1, 0.15) is 6.04 Å². The minimum absolute atomic E-state index is 0.165. The predicted molar refractivity (Wildman–Crippen MR) is 72.1 cm³/mol. The Kier molecular flexibility index (Phi) is 3.74. The largest absolute Gasteiger partial charge is 0.467 e. The van der Waals surface area contributed by atoms with Crippen LogP contribution in [0.4, 0.5) is 5.69 Å². The molecule has 1 unspecified atom stereocenters. The Morgan fingerprint density at radius 3 is 2.79 bits per heavy atom. The molecule has 1 aromatic rings. The van der Waals surface area contributed by atoms with Gasteiger partial charge < -0.3 is 15.0 Å². The summed E-state index contributed by atoms with van der Waals surface area (Å²) in [4.78, 5) is 25.2. The van der Waals surface area contributed by atoms with E-state index in [1.165, 1.54) is 12.7 Å². The molecule has 1 aromatic carbocycles. The summed E-state index contributed by atoms with van der Waals surface area (Å²) in [7, 11) is 1.32. The third-order valence-electron chi connectivity index (χ3n) is 3.25. The van der Waals surface area contributed by atoms with Crippen molar-refractivity contribution < 1.29 is 14.3 Å². The lowest BCUT2D eigenvalue weighted by Gasteiger charge is -2.34. The Morgan fingerprint density at radius 1 is 1.42 bits per heavy atom. The van der Waals surface area contributed by atoms with Gasteiger partial charge in [-0.15, -0.1) is 0 Å². The van der Waals surface area contributed by atoms with Crippen molar-refractivity contribution in [2.24, 2.45) is 0 Å². The number of carbonyl (C=O) groups is 2. The number of nitrogens with zero attached hydrogens (tertiary/aromatic N) is 1. The molecular weight excluding hydrogens is 244 g/mol. The molecule has 0 bridgehead atoms. The SMILES string of the molecule is COC(=O)C1CN(c2ccc(C)cc2C)CC(=O)N1. The van der Waals surface area contributed by atoms with Crippen molar-refractivity contribution in [3.8, 4) is 0 Å². The highest BCUT2D eigenvalue weighted by molar-refractivity contribution is 5.90. The molecular formula is C14H18N2O3. The lowest BCUT2D eigenvalue weighted by Crippen LogP contribution is -2.57. The summed E-state index contributed by atoms with van der Waals surface area (Å²) in [5.74, 6) is -0.579. The topological polar surface area (TPSA) is 58.6 Å². The molecule has 5 nitrogen and oxygen atoms in total. The highest BCUT2D eigenvalue weighted by Crippen LogP contribution is 2.22. The van der Waals surface area contributed by atoms with Crippen molar-refractivity contribution in [1.82, 2.24) is 5.32 Å². The summed E-state index contributed by atoms with van der Waals surface area (Å²) in [5, 5.41) is 2.64. The van der Waals surface area contributed by atoms with Gasteiger partial charge in [-0.2, -0.15) is 0 Å². The van der Waals surface area contributed by atoms with E-state index in [0.29, 0.717) is 6.54 Å². The molecule has 1 aliphatic heterocycles. The smallest absolute Gasteiger partial charge is 0.330 e. The van der Waals surface area contributed by atoms with Crippen LogP contribution in [0, 0.1) is 13.8 Å². The monoisotopic (exact) mass is 262 g/mol. The van der Waals surface area contributed by atoms with E-state index in [9.17, 15) is 9.59 Å². The second-order valence-corrected chi connectivity index (χ2v) is 4.81. The number of hydrogen-bond donors (Lipinski definition) is 1. The van der Waals surface area contributed by atoms with E-state index in [2.05, 4.69) is 11.4 Å². The van der Waals surface area contributed by atoms with Crippen LogP contribution in [-0.4, -0.2) is 38.1 Å². The third-order valence-corrected chi connectivity index (χ3v) is 3.25. The first-order valence-corrected chi connectivity index (χ1v) is 6.20. The summed E-state index contributed by atoms with van der Waals surface area (Å²) in [6.45, 7) is 4.72. The lowest BCUT2D eigenvalue weighted by molar-refractivity contribution is -0.145. The fourth-order valence-electron chi connectivity index (χ4n) is 2.36. The summed E-state index contributed by atoms with van der Waals surface area (Å²) in [5.41, 5.74) is 3.25. The van der Waals surface area contributed by atoms with Crippen molar-refractivity contribution >= 4 is 17.6 Å². The normalized spacial score (nSPS) is 19.0. The highest BCUT2D eigenvalue weighted by atomic mass is 16.5. The van der Waals surface area contributed by atoms with E-state index in [1.54, 1.807) is 0 Å². The van der Waals surface area contributed by atoms with Crippen LogP contribution in [0.25, 0.3) is 0 Å². The second kappa shape index (κ2) is 5.30. The number of piperazine rings is 1. The van der Waals surface area contributed by atoms with Gasteiger partial charge in [0.2, 0.25) is 5.91 Å². The first-order chi connectivity index (χ1) is 9.01. The van der Waals surface area contributed by atoms with Gasteiger partial charge in [0.15, 0.2) is 0 Å². The van der Waals surface area contributed by atoms with Crippen LogP contribution in [0.5, 0.6) is 0 Å². The number of ether oxygens (including phenoxy) is 1. The minimum atomic E-state index is -0.605. The number of benzene rings is 1. The maximum atomic E-state index is 11.7. The zero-order valence-electron chi connectivity index (χ0n) is 11.4. The zero-order valence-corrected chi connectivity index (χ0v) is 11.4. The number of amides is 1. The molecule has 0 radical (unpaired) electrons. The molecule has 1 heterocycles. The average Bonchev–Trinajstić information content (AvgIpc) is 2.37. The Labute approximate surface area is 112 Å². The van der Waals surface area contributed by atoms with Gasteiger partial charge in [-0.25, -0.2) is 4.79 Å². The van der Waals surface area contributed by atoms with Crippen molar-refractivity contribution in [2.45, 2.75) is 19.9 Å². The molecule has 1 atom stereocenters. The van der Waals surface area contributed by atoms with Gasteiger partial charge in [0, 0.05) is 12.2 Å². The standard InChI is InChI=1S/C14H18N2O3/c1-9-4-5-12(10(2)6-9)16-7-11(14(18)19-3)15-13(17)8-16/h4-6,11H,7-8H2,1-3H3,(H,15,17). The first-order valence-electron chi connectivity index (χ1n) is 6.20. The second-order valence-electron chi connectivity index (χ2n) is 4.81. The van der Waals surface area contributed by atoms with Gasteiger partial charge in [-0.05, 0) is 25.5 Å². The van der Waals surface area contributed by atoms with Crippen LogP contribution in [0.1, 0.15) is 11.1 Å². The van der Waals surface area contributed by atoms with E-state index in [1.807, 2.05) is 30.9 Å². The minimum Gasteiger partial charge on any atom is -0.467 e. The fraction of sp³-hybridized carbons (Fsp3) is 0.429. The van der Waals surface area contributed by atoms with Crippen molar-refractivity contribution in [1.29, 1.82) is 0 Å². The van der Waals surface area contributed by atoms with Gasteiger partial charge in [-0.1, -0.05) is 17.7 Å². The van der Waals surface area contributed by atoms with Gasteiger partial charge in [-0.3, -0.25) is 4.79 Å². The number of aryl methyl sites for hydroxylation is 2. The van der Waals surface area contributed by atoms with Gasteiger partial charge >= 0.3 is 5.97 Å². The maximum Gasteiger partial charge on any atom is 0.330 e. The zero-order chi connectivity index (χ0) is 14.0. The molecule has 0 aromatic heterocycles. The van der Waals surface area contributed by atoms with E-state index >= 15 is 0 Å². The molecule has 102 valence electrons. The summed E-state index contributed by atoms with van der Waals surface area (Å²) in [6.07, 6.45) is 0. The van der Waals surface area contributed by atoms with E-state index in [0.717, 1.165) is 11.3 Å². The Morgan fingerprint density at radius 2 is 2.16 bits per heavy atom. The Bertz CT molecular complexity index is 513. The van der Waals surface area contributed by atoms with Crippen LogP contribution in [-0.2, 0) is 14.3 Å². The molecule has 1 aliphatic rings. The van der Waals surface area contributed by atoms with Crippen molar-refractivity contribution in [3.05, 3.63) is 29.3 Å². The summed E-state index contributed by atoms with van der Waals surface area (Å²) < 4.78 is 4.69. The van der Waals surface area contributed by atoms with Crippen LogP contribution in [0.2, 0.25) is 0 Å². The fourth-order valence-corrected chi connectivity index (χ4v) is 2.36. The molecule has 1 N–H and O–H groups in total. The van der Waals surface area contributed by atoms with Crippen LogP contribution >= 0.6 is 0 Å². The number of anilines is 1. The molecule has 1 fully saturated rings. The van der Waals surface area contributed by atoms with Gasteiger partial charge in [0.05, 0.1) is 13.7 Å². The first kappa shape index (κ1) is 13.4. The Balaban J connectivity index is 2.24. The number of esters is 1. The molecule has 1 saturated heterocycles. The molecule has 0 aliphatic carbocycles. The van der Waals surface area contributed by atoms with Crippen LogP contribution in [0.15, 0.2) is 18.2 Å². The maximum absolute atomic E-state index is 11.7. The Hall–Kier alpha value is -2.04. The number of carbonyl (C=O) groups excluding carboxylic acids is 2. The predicted octanol–water partition coefficient (Wildman–Crippen LogP) is 0.781. The van der Waals surface area contributed by atoms with E-state index in [4.69, 9.17) is 4.74 Å². The molecule has 0 saturated carbocycles. The van der Waals surface area contributed by atoms with Gasteiger partial charge in [0.25, 0.3) is 0 Å². The molecule has 2 rings (SSSR count). The number of hydrogen-bond acceptors (Lipinski definition) is 4. The van der Waals surface area contributed by atoms with Crippen molar-refractivity contribution in [2.75, 3.05) is 25.1 Å². The molecule has 1 amide bonds. The summed E-state index contributed by atoms with van der Waals surface area (Å²) >= 11 is 0. The van der Waals surface area contributed by atoms with E-state index in [-0.39, 0.29) is 12.5 Å². The number of rotatable bonds is 2. The number of nitrogens with one attached hydrogen (secondary N) is 1. The molecule has 5 heteroatoms. The third kappa shape index (κ3) is 2.86. The average molecular weight is 262 g/mol. The van der Waals surface area contributed by atoms with Crippen LogP contribution < -0.4 is 10.2 Å².